The maximum atomic E-state index is 12.4. The Hall–Kier alpha value is -0.170. The molecular weight excluding hydrogens is 262 g/mol. The van der Waals surface area contributed by atoms with Gasteiger partial charge in [0, 0.05) is 19.1 Å². The highest BCUT2D eigenvalue weighted by Gasteiger charge is 2.31. The van der Waals surface area contributed by atoms with Gasteiger partial charge in [0.25, 0.3) is 0 Å². The summed E-state index contributed by atoms with van der Waals surface area (Å²) in [4.78, 5) is 2.38. The van der Waals surface area contributed by atoms with Crippen molar-refractivity contribution in [3.8, 4) is 0 Å². The van der Waals surface area contributed by atoms with Crippen LogP contribution in [0.15, 0.2) is 0 Å². The Balaban J connectivity index is 1.88. The minimum atomic E-state index is -3.12. The minimum absolute atomic E-state index is 0.156. The third-order valence-electron chi connectivity index (χ3n) is 4.53. The number of nitrogens with one attached hydrogen (secondary N) is 1. The zero-order valence-electron chi connectivity index (χ0n) is 12.1. The molecule has 112 valence electrons. The van der Waals surface area contributed by atoms with E-state index in [0.29, 0.717) is 0 Å². The van der Waals surface area contributed by atoms with E-state index >= 15 is 0 Å². The van der Waals surface area contributed by atoms with Gasteiger partial charge >= 0.3 is 0 Å². The van der Waals surface area contributed by atoms with E-state index in [1.54, 1.807) is 11.4 Å². The molecule has 2 aliphatic rings. The predicted octanol–water partition coefficient (Wildman–Crippen LogP) is 0.484. The molecule has 0 aromatic rings. The number of nitrogens with zero attached hydrogens (tertiary/aromatic N) is 2. The zero-order chi connectivity index (χ0) is 13.9. The molecule has 0 amide bonds. The van der Waals surface area contributed by atoms with Gasteiger partial charge in [0.2, 0.25) is 10.0 Å². The highest BCUT2D eigenvalue weighted by molar-refractivity contribution is 7.89. The molecule has 1 N–H and O–H groups in total. The number of hydrogen-bond acceptors (Lipinski definition) is 4. The van der Waals surface area contributed by atoms with Crippen LogP contribution in [0.1, 0.15) is 32.6 Å². The maximum absolute atomic E-state index is 12.4. The lowest BCUT2D eigenvalue weighted by Crippen LogP contribution is -2.47. The van der Waals surface area contributed by atoms with Gasteiger partial charge in [0.15, 0.2) is 0 Å². The lowest BCUT2D eigenvalue weighted by atomic mass is 10.1. The van der Waals surface area contributed by atoms with Crippen molar-refractivity contribution in [3.63, 3.8) is 0 Å². The first kappa shape index (κ1) is 15.2. The summed E-state index contributed by atoms with van der Waals surface area (Å²) < 4.78 is 26.5. The number of hydrogen-bond donors (Lipinski definition) is 1. The average Bonchev–Trinajstić information content (AvgIpc) is 2.90. The van der Waals surface area contributed by atoms with E-state index < -0.39 is 10.0 Å². The number of sulfonamides is 1. The summed E-state index contributed by atoms with van der Waals surface area (Å²) in [6.45, 7) is 6.21. The van der Waals surface area contributed by atoms with Crippen molar-refractivity contribution in [2.24, 2.45) is 0 Å². The van der Waals surface area contributed by atoms with Crippen molar-refractivity contribution < 1.29 is 8.42 Å². The van der Waals surface area contributed by atoms with Crippen LogP contribution in [0.3, 0.4) is 0 Å². The molecule has 0 aromatic carbocycles. The Morgan fingerprint density at radius 3 is 2.47 bits per heavy atom. The molecule has 2 heterocycles. The van der Waals surface area contributed by atoms with Gasteiger partial charge in [-0.05, 0) is 51.9 Å². The summed E-state index contributed by atoms with van der Waals surface area (Å²) in [5, 5.41) is 3.27. The molecule has 1 atom stereocenters. The molecule has 1 unspecified atom stereocenters. The first-order valence-electron chi connectivity index (χ1n) is 7.44. The molecule has 0 aromatic heterocycles. The fraction of sp³-hybridized carbons (Fsp3) is 1.00. The van der Waals surface area contributed by atoms with Crippen LogP contribution >= 0.6 is 0 Å². The van der Waals surface area contributed by atoms with E-state index in [2.05, 4.69) is 17.1 Å². The largest absolute Gasteiger partial charge is 0.313 e. The number of rotatable bonds is 5. The third kappa shape index (κ3) is 3.90. The first-order chi connectivity index (χ1) is 9.03. The van der Waals surface area contributed by atoms with Crippen LogP contribution in [0.5, 0.6) is 0 Å². The second-order valence-electron chi connectivity index (χ2n) is 5.75. The number of piperidine rings is 1. The van der Waals surface area contributed by atoms with E-state index in [1.165, 1.54) is 0 Å². The Kier molecular flexibility index (Phi) is 5.22. The van der Waals surface area contributed by atoms with Gasteiger partial charge in [-0.3, -0.25) is 0 Å². The fourth-order valence-corrected chi connectivity index (χ4v) is 4.79. The molecule has 0 radical (unpaired) electrons. The van der Waals surface area contributed by atoms with Gasteiger partial charge in [-0.2, -0.15) is 0 Å². The van der Waals surface area contributed by atoms with E-state index in [0.717, 1.165) is 51.9 Å². The van der Waals surface area contributed by atoms with Crippen LogP contribution in [-0.4, -0.2) is 68.7 Å². The maximum Gasteiger partial charge on any atom is 0.215 e. The summed E-state index contributed by atoms with van der Waals surface area (Å²) in [6.07, 6.45) is 4.00. The zero-order valence-corrected chi connectivity index (χ0v) is 13.0. The van der Waals surface area contributed by atoms with Crippen molar-refractivity contribution in [1.82, 2.24) is 14.5 Å². The van der Waals surface area contributed by atoms with Gasteiger partial charge in [0.1, 0.15) is 0 Å². The van der Waals surface area contributed by atoms with Crippen LogP contribution in [-0.2, 0) is 10.0 Å². The first-order valence-corrected chi connectivity index (χ1v) is 9.05. The Morgan fingerprint density at radius 1 is 1.26 bits per heavy atom. The monoisotopic (exact) mass is 289 g/mol. The van der Waals surface area contributed by atoms with E-state index in [1.807, 2.05) is 0 Å². The highest BCUT2D eigenvalue weighted by atomic mass is 32.2. The molecule has 5 nitrogen and oxygen atoms in total. The molecule has 0 aliphatic carbocycles. The van der Waals surface area contributed by atoms with Gasteiger partial charge in [-0.1, -0.05) is 6.92 Å². The molecule has 2 fully saturated rings. The number of likely N-dealkylation sites (tertiary alicyclic amines) is 1. The Labute approximate surface area is 117 Å². The summed E-state index contributed by atoms with van der Waals surface area (Å²) in [6, 6.07) is 0.345. The normalized spacial score (nSPS) is 27.2. The standard InChI is InChI=1S/C13H27N3O2S/c1-3-16-9-6-13(7-10-16)15(2)19(17,18)11-12-5-4-8-14-12/h12-14H,3-11H2,1-2H3. The predicted molar refractivity (Wildman–Crippen MR) is 77.7 cm³/mol. The minimum Gasteiger partial charge on any atom is -0.313 e. The van der Waals surface area contributed by atoms with Crippen molar-refractivity contribution in [2.75, 3.05) is 39.0 Å². The van der Waals surface area contributed by atoms with E-state index in [-0.39, 0.29) is 17.8 Å². The lowest BCUT2D eigenvalue weighted by Gasteiger charge is -2.36. The van der Waals surface area contributed by atoms with Crippen molar-refractivity contribution in [2.45, 2.75) is 44.7 Å². The Morgan fingerprint density at radius 2 is 1.95 bits per heavy atom. The molecule has 2 saturated heterocycles. The second kappa shape index (κ2) is 6.52. The molecule has 0 saturated carbocycles. The van der Waals surface area contributed by atoms with Crippen molar-refractivity contribution >= 4 is 10.0 Å². The molecule has 0 spiro atoms. The average molecular weight is 289 g/mol. The van der Waals surface area contributed by atoms with Gasteiger partial charge in [-0.15, -0.1) is 0 Å². The topological polar surface area (TPSA) is 52.7 Å². The lowest BCUT2D eigenvalue weighted by molar-refractivity contribution is 0.176. The van der Waals surface area contributed by atoms with Crippen LogP contribution in [0.4, 0.5) is 0 Å². The van der Waals surface area contributed by atoms with Crippen LogP contribution in [0, 0.1) is 0 Å². The summed E-state index contributed by atoms with van der Waals surface area (Å²) in [5.41, 5.74) is 0. The van der Waals surface area contributed by atoms with E-state index in [4.69, 9.17) is 0 Å². The van der Waals surface area contributed by atoms with Crippen LogP contribution < -0.4 is 5.32 Å². The molecule has 6 heteroatoms. The van der Waals surface area contributed by atoms with Gasteiger partial charge < -0.3 is 10.2 Å². The highest BCUT2D eigenvalue weighted by Crippen LogP contribution is 2.19. The quantitative estimate of drug-likeness (QED) is 0.800. The molecule has 0 bridgehead atoms. The summed E-state index contributed by atoms with van der Waals surface area (Å²) >= 11 is 0. The SMILES string of the molecule is CCN1CCC(N(C)S(=O)(=O)CC2CCCN2)CC1. The van der Waals surface area contributed by atoms with Crippen LogP contribution in [0.2, 0.25) is 0 Å². The smallest absolute Gasteiger partial charge is 0.215 e. The van der Waals surface area contributed by atoms with Gasteiger partial charge in [-0.25, -0.2) is 12.7 Å². The molecule has 2 aliphatic heterocycles. The molecule has 19 heavy (non-hydrogen) atoms. The van der Waals surface area contributed by atoms with Crippen LogP contribution in [0.25, 0.3) is 0 Å². The van der Waals surface area contributed by atoms with Gasteiger partial charge in [0.05, 0.1) is 5.75 Å². The fourth-order valence-electron chi connectivity index (χ4n) is 3.10. The third-order valence-corrected chi connectivity index (χ3v) is 6.53. The van der Waals surface area contributed by atoms with Crippen molar-refractivity contribution in [1.29, 1.82) is 0 Å². The Bertz CT molecular complexity index is 371. The molecular formula is C13H27N3O2S. The summed E-state index contributed by atoms with van der Waals surface area (Å²) in [7, 11) is -1.35. The molecule has 2 rings (SSSR count). The van der Waals surface area contributed by atoms with E-state index in [9.17, 15) is 8.42 Å². The second-order valence-corrected chi connectivity index (χ2v) is 7.83. The summed E-state index contributed by atoms with van der Waals surface area (Å²) in [5.74, 6) is 0.261. The van der Waals surface area contributed by atoms with Crippen molar-refractivity contribution in [3.05, 3.63) is 0 Å².